The molecule has 1 unspecified atom stereocenters. The number of hydrogen-bond donors (Lipinski definition) is 2. The van der Waals surface area contributed by atoms with E-state index in [1.165, 1.54) is 0 Å². The molecule has 84 valence electrons. The zero-order chi connectivity index (χ0) is 11.2. The monoisotopic (exact) mass is 204 g/mol. The van der Waals surface area contributed by atoms with Gasteiger partial charge in [-0.25, -0.2) is 0 Å². The molecule has 0 bridgehead atoms. The van der Waals surface area contributed by atoms with Gasteiger partial charge in [-0.3, -0.25) is 9.63 Å². The number of hydrogen-bond acceptors (Lipinski definition) is 4. The van der Waals surface area contributed by atoms with Crippen LogP contribution in [-0.2, 0) is 14.4 Å². The molecule has 0 radical (unpaired) electrons. The predicted octanol–water partition coefficient (Wildman–Crippen LogP) is 0.197. The molecule has 0 aliphatic carbocycles. The van der Waals surface area contributed by atoms with Gasteiger partial charge in [0, 0.05) is 13.2 Å². The first kappa shape index (κ1) is 13.4. The summed E-state index contributed by atoms with van der Waals surface area (Å²) in [6.07, 6.45) is 0.780. The van der Waals surface area contributed by atoms with Crippen molar-refractivity contribution < 1.29 is 14.4 Å². The second-order valence-electron chi connectivity index (χ2n) is 3.94. The predicted molar refractivity (Wildman–Crippen MR) is 53.4 cm³/mol. The van der Waals surface area contributed by atoms with Crippen LogP contribution in [0.1, 0.15) is 27.2 Å². The second kappa shape index (κ2) is 5.95. The van der Waals surface area contributed by atoms with Crippen LogP contribution in [0.25, 0.3) is 0 Å². The fourth-order valence-electron chi connectivity index (χ4n) is 1.12. The van der Waals surface area contributed by atoms with Gasteiger partial charge in [0.25, 0.3) is 0 Å². The number of nitrogens with one attached hydrogen (secondary N) is 1. The van der Waals surface area contributed by atoms with Crippen molar-refractivity contribution >= 4 is 5.91 Å². The third-order valence-corrected chi connectivity index (χ3v) is 1.85. The fraction of sp³-hybridized carbons (Fsp3) is 0.889. The van der Waals surface area contributed by atoms with Gasteiger partial charge >= 0.3 is 0 Å². The van der Waals surface area contributed by atoms with Gasteiger partial charge in [-0.2, -0.15) is 5.48 Å². The SMILES string of the molecule is COC(C)(C)CC(C)NOCC(N)=O. The normalized spacial score (nSPS) is 14.0. The molecule has 0 aliphatic heterocycles. The van der Waals surface area contributed by atoms with Crippen LogP contribution < -0.4 is 11.2 Å². The van der Waals surface area contributed by atoms with Gasteiger partial charge < -0.3 is 10.5 Å². The van der Waals surface area contributed by atoms with E-state index >= 15 is 0 Å². The molecule has 14 heavy (non-hydrogen) atoms. The number of primary amides is 1. The van der Waals surface area contributed by atoms with E-state index in [1.54, 1.807) is 7.11 Å². The highest BCUT2D eigenvalue weighted by Crippen LogP contribution is 2.14. The highest BCUT2D eigenvalue weighted by molar-refractivity contribution is 5.74. The molecule has 0 aromatic rings. The molecule has 0 aromatic heterocycles. The summed E-state index contributed by atoms with van der Waals surface area (Å²) in [6.45, 7) is 5.80. The molecular weight excluding hydrogens is 184 g/mol. The maximum atomic E-state index is 10.4. The van der Waals surface area contributed by atoms with Crippen LogP contribution in [0.4, 0.5) is 0 Å². The maximum Gasteiger partial charge on any atom is 0.245 e. The number of rotatable bonds is 7. The molecule has 0 spiro atoms. The summed E-state index contributed by atoms with van der Waals surface area (Å²) in [5.41, 5.74) is 7.42. The van der Waals surface area contributed by atoms with Crippen molar-refractivity contribution in [2.75, 3.05) is 13.7 Å². The Hall–Kier alpha value is -0.650. The van der Waals surface area contributed by atoms with Crippen molar-refractivity contribution in [3.8, 4) is 0 Å². The van der Waals surface area contributed by atoms with E-state index in [1.807, 2.05) is 20.8 Å². The van der Waals surface area contributed by atoms with Gasteiger partial charge in [-0.1, -0.05) is 0 Å². The average Bonchev–Trinajstić information content (AvgIpc) is 2.02. The Bertz CT molecular complexity index is 183. The quantitative estimate of drug-likeness (QED) is 0.581. The Morgan fingerprint density at radius 2 is 2.14 bits per heavy atom. The Morgan fingerprint density at radius 3 is 2.57 bits per heavy atom. The summed E-state index contributed by atoms with van der Waals surface area (Å²) in [7, 11) is 1.66. The molecule has 0 rings (SSSR count). The van der Waals surface area contributed by atoms with Crippen LogP contribution in [0.2, 0.25) is 0 Å². The highest BCUT2D eigenvalue weighted by atomic mass is 16.6. The van der Waals surface area contributed by atoms with Crippen molar-refractivity contribution in [1.29, 1.82) is 0 Å². The molecular formula is C9H20N2O3. The minimum absolute atomic E-state index is 0.101. The number of hydroxylamine groups is 1. The van der Waals surface area contributed by atoms with Crippen LogP contribution in [-0.4, -0.2) is 31.3 Å². The van der Waals surface area contributed by atoms with Crippen molar-refractivity contribution in [1.82, 2.24) is 5.48 Å². The number of methoxy groups -OCH3 is 1. The molecule has 0 aromatic carbocycles. The Morgan fingerprint density at radius 1 is 1.57 bits per heavy atom. The molecule has 0 aliphatic rings. The first-order chi connectivity index (χ1) is 6.37. The van der Waals surface area contributed by atoms with Crippen LogP contribution in [0.3, 0.4) is 0 Å². The molecule has 0 saturated heterocycles. The first-order valence-electron chi connectivity index (χ1n) is 4.58. The number of ether oxygens (including phenoxy) is 1. The second-order valence-corrected chi connectivity index (χ2v) is 3.94. The largest absolute Gasteiger partial charge is 0.379 e. The number of nitrogens with two attached hydrogens (primary N) is 1. The van der Waals surface area contributed by atoms with Crippen molar-refractivity contribution in [3.63, 3.8) is 0 Å². The lowest BCUT2D eigenvalue weighted by Crippen LogP contribution is -2.37. The third-order valence-electron chi connectivity index (χ3n) is 1.85. The summed E-state index contributed by atoms with van der Waals surface area (Å²) in [5.74, 6) is -0.490. The van der Waals surface area contributed by atoms with E-state index in [0.29, 0.717) is 0 Å². The third kappa shape index (κ3) is 6.82. The zero-order valence-corrected chi connectivity index (χ0v) is 9.29. The Kier molecular flexibility index (Phi) is 5.68. The minimum atomic E-state index is -0.490. The van der Waals surface area contributed by atoms with Crippen molar-refractivity contribution in [2.24, 2.45) is 5.73 Å². The zero-order valence-electron chi connectivity index (χ0n) is 9.29. The van der Waals surface area contributed by atoms with Gasteiger partial charge in [-0.05, 0) is 27.2 Å². The van der Waals surface area contributed by atoms with Gasteiger partial charge in [0.15, 0.2) is 0 Å². The van der Waals surface area contributed by atoms with Crippen LogP contribution in [0, 0.1) is 0 Å². The lowest BCUT2D eigenvalue weighted by atomic mass is 10.0. The minimum Gasteiger partial charge on any atom is -0.379 e. The number of carbonyl (C=O) groups excluding carboxylic acids is 1. The standard InChI is InChI=1S/C9H20N2O3/c1-7(5-9(2,3)13-4)11-14-6-8(10)12/h7,11H,5-6H2,1-4H3,(H2,10,12). The van der Waals surface area contributed by atoms with E-state index in [2.05, 4.69) is 5.48 Å². The van der Waals surface area contributed by atoms with Gasteiger partial charge in [0.1, 0.15) is 6.61 Å². The average molecular weight is 204 g/mol. The molecule has 3 N–H and O–H groups in total. The Balaban J connectivity index is 3.65. The summed E-state index contributed by atoms with van der Waals surface area (Å²) in [5, 5.41) is 0. The van der Waals surface area contributed by atoms with E-state index < -0.39 is 5.91 Å². The summed E-state index contributed by atoms with van der Waals surface area (Å²) >= 11 is 0. The van der Waals surface area contributed by atoms with Crippen molar-refractivity contribution in [2.45, 2.75) is 38.8 Å². The van der Waals surface area contributed by atoms with Crippen LogP contribution >= 0.6 is 0 Å². The van der Waals surface area contributed by atoms with E-state index in [4.69, 9.17) is 15.3 Å². The molecule has 1 atom stereocenters. The number of carbonyl (C=O) groups is 1. The maximum absolute atomic E-state index is 10.4. The van der Waals surface area contributed by atoms with E-state index in [9.17, 15) is 4.79 Å². The molecule has 5 heteroatoms. The molecule has 1 amide bonds. The smallest absolute Gasteiger partial charge is 0.245 e. The summed E-state index contributed by atoms with van der Waals surface area (Å²) < 4.78 is 5.25. The first-order valence-corrected chi connectivity index (χ1v) is 4.58. The summed E-state index contributed by atoms with van der Waals surface area (Å²) in [4.78, 5) is 15.2. The lowest BCUT2D eigenvalue weighted by Gasteiger charge is -2.26. The van der Waals surface area contributed by atoms with E-state index in [-0.39, 0.29) is 18.2 Å². The lowest BCUT2D eigenvalue weighted by molar-refractivity contribution is -0.126. The molecule has 5 nitrogen and oxygen atoms in total. The molecule has 0 heterocycles. The summed E-state index contributed by atoms with van der Waals surface area (Å²) in [6, 6.07) is 0.101. The Labute approximate surface area is 84.9 Å². The molecule has 0 fully saturated rings. The van der Waals surface area contributed by atoms with Gasteiger partial charge in [0.05, 0.1) is 5.60 Å². The van der Waals surface area contributed by atoms with E-state index in [0.717, 1.165) is 6.42 Å². The molecule has 0 saturated carbocycles. The van der Waals surface area contributed by atoms with Gasteiger partial charge in [0.2, 0.25) is 5.91 Å². The van der Waals surface area contributed by atoms with Crippen LogP contribution in [0.5, 0.6) is 0 Å². The van der Waals surface area contributed by atoms with Gasteiger partial charge in [-0.15, -0.1) is 0 Å². The van der Waals surface area contributed by atoms with Crippen molar-refractivity contribution in [3.05, 3.63) is 0 Å². The fourth-order valence-corrected chi connectivity index (χ4v) is 1.12. The van der Waals surface area contributed by atoms with Crippen LogP contribution in [0.15, 0.2) is 0 Å². The highest BCUT2D eigenvalue weighted by Gasteiger charge is 2.20. The number of amides is 1. The topological polar surface area (TPSA) is 73.6 Å².